The maximum atomic E-state index is 14.0. The molecule has 0 bridgehead atoms. The van der Waals surface area contributed by atoms with Crippen molar-refractivity contribution in [1.82, 2.24) is 9.78 Å². The minimum absolute atomic E-state index is 0.170. The van der Waals surface area contributed by atoms with E-state index < -0.39 is 35.0 Å². The first kappa shape index (κ1) is 21.6. The van der Waals surface area contributed by atoms with E-state index in [-0.39, 0.29) is 17.9 Å². The molecule has 0 spiro atoms. The van der Waals surface area contributed by atoms with Gasteiger partial charge in [-0.3, -0.25) is 9.59 Å². The minimum atomic E-state index is -1.12. The zero-order chi connectivity index (χ0) is 22.7. The second-order valence-electron chi connectivity index (χ2n) is 6.45. The molecule has 2 aromatic carbocycles. The highest BCUT2D eigenvalue weighted by atomic mass is 19.1. The Morgan fingerprint density at radius 2 is 1.77 bits per heavy atom. The Hall–Kier alpha value is -4.08. The van der Waals surface area contributed by atoms with Crippen LogP contribution >= 0.6 is 0 Å². The molecule has 1 aromatic heterocycles. The summed E-state index contributed by atoms with van der Waals surface area (Å²) in [5.41, 5.74) is 5.75. The largest absolute Gasteiger partial charge is 0.462 e. The summed E-state index contributed by atoms with van der Waals surface area (Å²) in [7, 11) is 0. The van der Waals surface area contributed by atoms with Gasteiger partial charge in [0.05, 0.1) is 35.4 Å². The van der Waals surface area contributed by atoms with Crippen molar-refractivity contribution >= 4 is 23.5 Å². The van der Waals surface area contributed by atoms with Crippen molar-refractivity contribution in [3.05, 3.63) is 76.6 Å². The van der Waals surface area contributed by atoms with Crippen LogP contribution in [0, 0.1) is 18.6 Å². The van der Waals surface area contributed by atoms with Crippen LogP contribution in [-0.4, -0.2) is 34.2 Å². The third kappa shape index (κ3) is 4.42. The van der Waals surface area contributed by atoms with E-state index in [9.17, 15) is 23.2 Å². The molecule has 0 radical (unpaired) electrons. The number of hydrogen-bond acceptors (Lipinski definition) is 5. The number of carbonyl (C=O) groups is 3. The van der Waals surface area contributed by atoms with Crippen molar-refractivity contribution in [2.24, 2.45) is 5.73 Å². The number of primary amides is 1. The van der Waals surface area contributed by atoms with Gasteiger partial charge >= 0.3 is 5.97 Å². The Bertz CT molecular complexity index is 1170. The number of anilines is 1. The van der Waals surface area contributed by atoms with Crippen molar-refractivity contribution in [3.63, 3.8) is 0 Å². The van der Waals surface area contributed by atoms with Gasteiger partial charge in [-0.1, -0.05) is 0 Å². The molecule has 3 N–H and O–H groups in total. The fourth-order valence-corrected chi connectivity index (χ4v) is 2.86. The number of ether oxygens (including phenoxy) is 1. The van der Waals surface area contributed by atoms with Crippen molar-refractivity contribution in [1.29, 1.82) is 0 Å². The van der Waals surface area contributed by atoms with Crippen LogP contribution in [0.25, 0.3) is 5.69 Å². The van der Waals surface area contributed by atoms with E-state index in [1.54, 1.807) is 26.0 Å². The fourth-order valence-electron chi connectivity index (χ4n) is 2.86. The molecule has 31 heavy (non-hydrogen) atoms. The first-order chi connectivity index (χ1) is 14.7. The molecule has 3 rings (SSSR count). The van der Waals surface area contributed by atoms with Crippen LogP contribution in [-0.2, 0) is 4.74 Å². The number of halogens is 2. The van der Waals surface area contributed by atoms with Gasteiger partial charge in [-0.15, -0.1) is 0 Å². The number of benzene rings is 2. The lowest BCUT2D eigenvalue weighted by atomic mass is 10.1. The Morgan fingerprint density at radius 1 is 1.10 bits per heavy atom. The van der Waals surface area contributed by atoms with Crippen LogP contribution in [0.2, 0.25) is 0 Å². The summed E-state index contributed by atoms with van der Waals surface area (Å²) in [6, 6.07) is 7.40. The monoisotopic (exact) mass is 428 g/mol. The van der Waals surface area contributed by atoms with Crippen LogP contribution in [0.5, 0.6) is 0 Å². The lowest BCUT2D eigenvalue weighted by Crippen LogP contribution is -2.17. The summed E-state index contributed by atoms with van der Waals surface area (Å²) in [6.07, 6.45) is 1.39. The van der Waals surface area contributed by atoms with Gasteiger partial charge in [0, 0.05) is 11.6 Å². The first-order valence-corrected chi connectivity index (χ1v) is 9.15. The third-order valence-electron chi connectivity index (χ3n) is 4.45. The highest BCUT2D eigenvalue weighted by molar-refractivity contribution is 6.05. The fraction of sp³-hybridized carbons (Fsp3) is 0.143. The molecule has 0 aliphatic heterocycles. The van der Waals surface area contributed by atoms with E-state index in [0.717, 1.165) is 6.07 Å². The highest BCUT2D eigenvalue weighted by Crippen LogP contribution is 2.21. The van der Waals surface area contributed by atoms with Gasteiger partial charge in [0.15, 0.2) is 0 Å². The molecular weight excluding hydrogens is 410 g/mol. The predicted molar refractivity (Wildman–Crippen MR) is 107 cm³/mol. The van der Waals surface area contributed by atoms with Crippen LogP contribution in [0.1, 0.15) is 43.7 Å². The highest BCUT2D eigenvalue weighted by Gasteiger charge is 2.18. The molecule has 2 amide bonds. The molecule has 8 nitrogen and oxygen atoms in total. The van der Waals surface area contributed by atoms with Gasteiger partial charge < -0.3 is 15.8 Å². The summed E-state index contributed by atoms with van der Waals surface area (Å²) in [5, 5.41) is 6.44. The van der Waals surface area contributed by atoms with E-state index in [2.05, 4.69) is 10.4 Å². The van der Waals surface area contributed by atoms with Gasteiger partial charge in [-0.05, 0) is 44.2 Å². The molecule has 3 aromatic rings. The smallest absolute Gasteiger partial charge is 0.341 e. The van der Waals surface area contributed by atoms with Crippen molar-refractivity contribution in [2.45, 2.75) is 13.8 Å². The topological polar surface area (TPSA) is 116 Å². The van der Waals surface area contributed by atoms with Gasteiger partial charge in [0.2, 0.25) is 0 Å². The van der Waals surface area contributed by atoms with E-state index in [1.807, 2.05) is 0 Å². The number of nitrogens with two attached hydrogens (primary N) is 1. The Balaban J connectivity index is 1.81. The first-order valence-electron chi connectivity index (χ1n) is 9.15. The second kappa shape index (κ2) is 8.74. The number of esters is 1. The van der Waals surface area contributed by atoms with Gasteiger partial charge in [0.1, 0.15) is 17.2 Å². The van der Waals surface area contributed by atoms with Crippen LogP contribution in [0.3, 0.4) is 0 Å². The second-order valence-corrected chi connectivity index (χ2v) is 6.45. The molecule has 0 saturated carbocycles. The average Bonchev–Trinajstić information content (AvgIpc) is 3.11. The summed E-state index contributed by atoms with van der Waals surface area (Å²) in [5.74, 6) is -4.43. The van der Waals surface area contributed by atoms with E-state index in [4.69, 9.17) is 10.5 Å². The standard InChI is InChI=1S/C21H18F2N4O4/c1-3-31-21(30)15-10-25-27(11(15)2)13-6-4-12(5-7-13)20(29)26-18-8-14(19(24)28)16(22)9-17(18)23/h4-10H,3H2,1-2H3,(H2,24,28)(H,26,29). The van der Waals surface area contributed by atoms with Crippen molar-refractivity contribution < 1.29 is 27.9 Å². The average molecular weight is 428 g/mol. The van der Waals surface area contributed by atoms with Gasteiger partial charge in [0.25, 0.3) is 11.8 Å². The molecule has 0 fully saturated rings. The Kier molecular flexibility index (Phi) is 6.10. The summed E-state index contributed by atoms with van der Waals surface area (Å²) >= 11 is 0. The quantitative estimate of drug-likeness (QED) is 0.586. The van der Waals surface area contributed by atoms with Gasteiger partial charge in [-0.2, -0.15) is 5.10 Å². The van der Waals surface area contributed by atoms with Crippen LogP contribution in [0.15, 0.2) is 42.6 Å². The summed E-state index contributed by atoms with van der Waals surface area (Å²) in [6.45, 7) is 3.64. The van der Waals surface area contributed by atoms with Gasteiger partial charge in [-0.25, -0.2) is 18.3 Å². The molecule has 0 aliphatic carbocycles. The molecular formula is C21H18F2N4O4. The lowest BCUT2D eigenvalue weighted by molar-refractivity contribution is 0.0525. The maximum absolute atomic E-state index is 14.0. The maximum Gasteiger partial charge on any atom is 0.341 e. The Morgan fingerprint density at radius 3 is 2.39 bits per heavy atom. The molecule has 0 unspecified atom stereocenters. The number of carbonyl (C=O) groups excluding carboxylic acids is 3. The van der Waals surface area contributed by atoms with E-state index in [1.165, 1.54) is 23.0 Å². The normalized spacial score (nSPS) is 10.6. The molecule has 0 aliphatic rings. The SMILES string of the molecule is CCOC(=O)c1cnn(-c2ccc(C(=O)Nc3cc(C(N)=O)c(F)cc3F)cc2)c1C. The number of rotatable bonds is 6. The number of aromatic nitrogens is 2. The zero-order valence-electron chi connectivity index (χ0n) is 16.6. The number of nitrogens with zero attached hydrogens (tertiary/aromatic N) is 2. The van der Waals surface area contributed by atoms with Crippen molar-refractivity contribution in [3.8, 4) is 5.69 Å². The number of nitrogens with one attached hydrogen (secondary N) is 1. The third-order valence-corrected chi connectivity index (χ3v) is 4.45. The van der Waals surface area contributed by atoms with E-state index >= 15 is 0 Å². The van der Waals surface area contributed by atoms with Crippen LogP contribution in [0.4, 0.5) is 14.5 Å². The van der Waals surface area contributed by atoms with Crippen LogP contribution < -0.4 is 11.1 Å². The Labute approximate surface area is 175 Å². The summed E-state index contributed by atoms with van der Waals surface area (Å²) < 4.78 is 34.0. The zero-order valence-corrected chi connectivity index (χ0v) is 16.6. The molecule has 160 valence electrons. The number of hydrogen-bond donors (Lipinski definition) is 2. The predicted octanol–water partition coefficient (Wildman–Crippen LogP) is 2.99. The molecule has 0 saturated heterocycles. The molecule has 10 heteroatoms. The van der Waals surface area contributed by atoms with Crippen molar-refractivity contribution in [2.75, 3.05) is 11.9 Å². The summed E-state index contributed by atoms with van der Waals surface area (Å²) in [4.78, 5) is 35.6. The number of amides is 2. The molecule has 0 atom stereocenters. The minimum Gasteiger partial charge on any atom is -0.462 e. The molecule has 1 heterocycles. The van der Waals surface area contributed by atoms with E-state index in [0.29, 0.717) is 23.0 Å². The lowest BCUT2D eigenvalue weighted by Gasteiger charge is -2.10.